The molecule has 2 heterocycles. The molecule has 1 atom stereocenters. The molecule has 29 heavy (non-hydrogen) atoms. The Morgan fingerprint density at radius 1 is 1.31 bits per heavy atom. The molecule has 152 valence electrons. The maximum Gasteiger partial charge on any atom is 0.279 e. The number of nitrogens with one attached hydrogen (secondary N) is 1. The number of hydrogen-bond donors (Lipinski definition) is 1. The first-order chi connectivity index (χ1) is 14.0. The number of aryl methyl sites for hydroxylation is 2. The van der Waals surface area contributed by atoms with Gasteiger partial charge in [0.15, 0.2) is 4.83 Å². The number of thiophene rings is 1. The lowest BCUT2D eigenvalue weighted by molar-refractivity contribution is -0.117. The van der Waals surface area contributed by atoms with E-state index in [2.05, 4.69) is 29.5 Å². The van der Waals surface area contributed by atoms with E-state index in [1.807, 2.05) is 24.3 Å². The second-order valence-corrected chi connectivity index (χ2v) is 9.02. The molecule has 0 saturated heterocycles. The molecule has 6 nitrogen and oxygen atoms in total. The molecule has 0 radical (unpaired) electrons. The van der Waals surface area contributed by atoms with Gasteiger partial charge in [0.05, 0.1) is 5.39 Å². The van der Waals surface area contributed by atoms with Gasteiger partial charge in [0.2, 0.25) is 5.91 Å². The van der Waals surface area contributed by atoms with E-state index >= 15 is 0 Å². The van der Waals surface area contributed by atoms with Gasteiger partial charge in [-0.05, 0) is 61.3 Å². The fourth-order valence-electron chi connectivity index (χ4n) is 3.87. The van der Waals surface area contributed by atoms with E-state index in [4.69, 9.17) is 0 Å². The van der Waals surface area contributed by atoms with Crippen molar-refractivity contribution >= 4 is 33.1 Å². The van der Waals surface area contributed by atoms with Gasteiger partial charge in [-0.2, -0.15) is 0 Å². The van der Waals surface area contributed by atoms with Gasteiger partial charge in [-0.25, -0.2) is 4.68 Å². The Morgan fingerprint density at radius 3 is 2.86 bits per heavy atom. The standard InChI is InChI=1S/C22H26N4O2S/c1-3-4-5-15-7-9-16(10-8-15)23-19(27)13-26-22(28)20-17-11-6-14(2)12-18(17)29-21(20)24-25-26/h7-10,14H,3-6,11-13H2,1-2H3,(H,23,27). The summed E-state index contributed by atoms with van der Waals surface area (Å²) in [5.41, 5.74) is 2.88. The van der Waals surface area contributed by atoms with Crippen LogP contribution in [0, 0.1) is 5.92 Å². The normalized spacial score (nSPS) is 16.0. The van der Waals surface area contributed by atoms with Crippen molar-refractivity contribution in [2.75, 3.05) is 5.32 Å². The fourth-order valence-corrected chi connectivity index (χ4v) is 5.19. The first-order valence-corrected chi connectivity index (χ1v) is 11.1. The Hall–Kier alpha value is -2.54. The summed E-state index contributed by atoms with van der Waals surface area (Å²) in [6.07, 6.45) is 6.32. The van der Waals surface area contributed by atoms with Crippen LogP contribution in [-0.2, 0) is 30.6 Å². The second kappa shape index (κ2) is 8.45. The molecule has 7 heteroatoms. The summed E-state index contributed by atoms with van der Waals surface area (Å²) in [5, 5.41) is 11.7. The van der Waals surface area contributed by atoms with E-state index in [9.17, 15) is 9.59 Å². The van der Waals surface area contributed by atoms with E-state index < -0.39 is 0 Å². The molecule has 1 amide bonds. The molecule has 0 aliphatic heterocycles. The van der Waals surface area contributed by atoms with Crippen LogP contribution >= 0.6 is 11.3 Å². The van der Waals surface area contributed by atoms with Crippen LogP contribution in [0.25, 0.3) is 10.2 Å². The highest BCUT2D eigenvalue weighted by Gasteiger charge is 2.24. The molecule has 1 N–H and O–H groups in total. The first-order valence-electron chi connectivity index (χ1n) is 10.3. The Labute approximate surface area is 173 Å². The van der Waals surface area contributed by atoms with Gasteiger partial charge < -0.3 is 5.32 Å². The number of aromatic nitrogens is 3. The molecule has 0 fully saturated rings. The van der Waals surface area contributed by atoms with Gasteiger partial charge in [-0.15, -0.1) is 16.4 Å². The maximum atomic E-state index is 13.0. The Bertz CT molecular complexity index is 1080. The summed E-state index contributed by atoms with van der Waals surface area (Å²) in [5.74, 6) is 0.352. The number of carbonyl (C=O) groups is 1. The monoisotopic (exact) mass is 410 g/mol. The lowest BCUT2D eigenvalue weighted by Crippen LogP contribution is -2.30. The molecular weight excluding hydrogens is 384 g/mol. The van der Waals surface area contributed by atoms with Crippen molar-refractivity contribution in [2.45, 2.75) is 58.9 Å². The number of unbranched alkanes of at least 4 members (excludes halogenated alkanes) is 1. The Kier molecular flexibility index (Phi) is 5.76. The molecule has 0 bridgehead atoms. The lowest BCUT2D eigenvalue weighted by Gasteiger charge is -2.17. The van der Waals surface area contributed by atoms with Crippen molar-refractivity contribution in [3.05, 3.63) is 50.6 Å². The van der Waals surface area contributed by atoms with E-state index in [-0.39, 0.29) is 18.0 Å². The average molecular weight is 411 g/mol. The SMILES string of the molecule is CCCCc1ccc(NC(=O)Cn2nnc3sc4c(c3c2=O)CCC(C)C4)cc1. The van der Waals surface area contributed by atoms with Crippen LogP contribution in [0.1, 0.15) is 49.1 Å². The van der Waals surface area contributed by atoms with Crippen LogP contribution < -0.4 is 10.9 Å². The Balaban J connectivity index is 1.49. The fraction of sp³-hybridized carbons (Fsp3) is 0.455. The van der Waals surface area contributed by atoms with Gasteiger partial charge in [-0.3, -0.25) is 9.59 Å². The third-order valence-electron chi connectivity index (χ3n) is 5.53. The van der Waals surface area contributed by atoms with E-state index in [1.54, 1.807) is 11.3 Å². The van der Waals surface area contributed by atoms with Crippen molar-refractivity contribution in [3.63, 3.8) is 0 Å². The van der Waals surface area contributed by atoms with Crippen LogP contribution in [0.4, 0.5) is 5.69 Å². The van der Waals surface area contributed by atoms with Crippen LogP contribution in [-0.4, -0.2) is 20.9 Å². The van der Waals surface area contributed by atoms with Crippen molar-refractivity contribution < 1.29 is 4.79 Å². The minimum atomic E-state index is -0.278. The number of hydrogen-bond acceptors (Lipinski definition) is 5. The zero-order valence-electron chi connectivity index (χ0n) is 16.9. The highest BCUT2D eigenvalue weighted by Crippen LogP contribution is 2.35. The lowest BCUT2D eigenvalue weighted by atomic mass is 9.89. The number of amides is 1. The van der Waals surface area contributed by atoms with Crippen molar-refractivity contribution in [1.29, 1.82) is 0 Å². The predicted molar refractivity (Wildman–Crippen MR) is 117 cm³/mol. The summed E-state index contributed by atoms with van der Waals surface area (Å²) in [6.45, 7) is 4.27. The highest BCUT2D eigenvalue weighted by molar-refractivity contribution is 7.18. The first kappa shape index (κ1) is 19.8. The van der Waals surface area contributed by atoms with Gasteiger partial charge in [0.1, 0.15) is 6.54 Å². The van der Waals surface area contributed by atoms with Crippen LogP contribution in [0.15, 0.2) is 29.1 Å². The zero-order chi connectivity index (χ0) is 20.4. The Morgan fingerprint density at radius 2 is 2.10 bits per heavy atom. The highest BCUT2D eigenvalue weighted by atomic mass is 32.1. The maximum absolute atomic E-state index is 13.0. The molecule has 1 aliphatic carbocycles. The molecule has 0 saturated carbocycles. The molecule has 1 aliphatic rings. The second-order valence-electron chi connectivity index (χ2n) is 7.93. The number of benzene rings is 1. The predicted octanol–water partition coefficient (Wildman–Crippen LogP) is 3.96. The van der Waals surface area contributed by atoms with Crippen molar-refractivity contribution in [2.24, 2.45) is 5.92 Å². The van der Waals surface area contributed by atoms with Crippen LogP contribution in [0.2, 0.25) is 0 Å². The average Bonchev–Trinajstić information content (AvgIpc) is 3.07. The molecule has 1 aromatic carbocycles. The van der Waals surface area contributed by atoms with Gasteiger partial charge in [-0.1, -0.05) is 37.6 Å². The van der Waals surface area contributed by atoms with Gasteiger partial charge in [0.25, 0.3) is 5.56 Å². The summed E-state index contributed by atoms with van der Waals surface area (Å²) in [7, 11) is 0. The molecule has 2 aromatic heterocycles. The van der Waals surface area contributed by atoms with E-state index in [0.29, 0.717) is 16.1 Å². The zero-order valence-corrected chi connectivity index (χ0v) is 17.7. The molecule has 4 rings (SSSR count). The van der Waals surface area contributed by atoms with Crippen LogP contribution in [0.5, 0.6) is 0 Å². The smallest absolute Gasteiger partial charge is 0.279 e. The van der Waals surface area contributed by atoms with E-state index in [0.717, 1.165) is 49.8 Å². The topological polar surface area (TPSA) is 76.9 Å². The number of anilines is 1. The summed E-state index contributed by atoms with van der Waals surface area (Å²) in [6, 6.07) is 7.86. The number of rotatable bonds is 6. The van der Waals surface area contributed by atoms with Gasteiger partial charge in [0, 0.05) is 10.6 Å². The van der Waals surface area contributed by atoms with Crippen LogP contribution in [0.3, 0.4) is 0 Å². The summed E-state index contributed by atoms with van der Waals surface area (Å²) < 4.78 is 1.18. The third kappa shape index (κ3) is 4.24. The number of nitrogens with zero attached hydrogens (tertiary/aromatic N) is 3. The third-order valence-corrected chi connectivity index (χ3v) is 6.67. The number of carbonyl (C=O) groups excluding carboxylic acids is 1. The minimum absolute atomic E-state index is 0.139. The van der Waals surface area contributed by atoms with Gasteiger partial charge >= 0.3 is 0 Å². The van der Waals surface area contributed by atoms with Crippen molar-refractivity contribution in [1.82, 2.24) is 15.0 Å². The molecule has 0 spiro atoms. The minimum Gasteiger partial charge on any atom is -0.324 e. The summed E-state index contributed by atoms with van der Waals surface area (Å²) >= 11 is 1.57. The molecule has 1 unspecified atom stereocenters. The quantitative estimate of drug-likeness (QED) is 0.667. The van der Waals surface area contributed by atoms with Crippen molar-refractivity contribution in [3.8, 4) is 0 Å². The summed E-state index contributed by atoms with van der Waals surface area (Å²) in [4.78, 5) is 27.4. The largest absolute Gasteiger partial charge is 0.324 e. The number of fused-ring (bicyclic) bond motifs is 3. The molecular formula is C22H26N4O2S. The molecule has 3 aromatic rings. The van der Waals surface area contributed by atoms with E-state index in [1.165, 1.54) is 15.1 Å².